The molecular weight excluding hydrogens is 392 g/mol. The van der Waals surface area contributed by atoms with Crippen LogP contribution in [0.15, 0.2) is 42.5 Å². The standard InChI is InChI=1S/C24H28N4O3/c1-16-24(30)26(2)20-8-10-21(25-23(20)27(16)18-12-14-31-15-13-18)28-19(9-11-22(28)29)17-6-4-3-5-7-17/h3-8,10,16,18-19H,9,11-15H2,1-2H3/t16-,19?/m1/s1. The Morgan fingerprint density at radius 2 is 1.74 bits per heavy atom. The molecule has 2 saturated heterocycles. The van der Waals surface area contributed by atoms with Gasteiger partial charge < -0.3 is 14.5 Å². The van der Waals surface area contributed by atoms with Crippen molar-refractivity contribution in [3.8, 4) is 0 Å². The van der Waals surface area contributed by atoms with E-state index in [1.807, 2.05) is 42.2 Å². The first-order valence-electron chi connectivity index (χ1n) is 11.1. The summed E-state index contributed by atoms with van der Waals surface area (Å²) in [6, 6.07) is 13.8. The summed E-state index contributed by atoms with van der Waals surface area (Å²) < 4.78 is 5.55. The Balaban J connectivity index is 1.57. The molecule has 4 heterocycles. The summed E-state index contributed by atoms with van der Waals surface area (Å²) in [6.45, 7) is 3.32. The lowest BCUT2D eigenvalue weighted by Gasteiger charge is -2.45. The maximum Gasteiger partial charge on any atom is 0.249 e. The number of nitrogens with zero attached hydrogens (tertiary/aromatic N) is 4. The van der Waals surface area contributed by atoms with Crippen LogP contribution in [0, 0.1) is 0 Å². The molecule has 162 valence electrons. The van der Waals surface area contributed by atoms with E-state index in [2.05, 4.69) is 17.0 Å². The number of fused-ring (bicyclic) bond motifs is 1. The van der Waals surface area contributed by atoms with E-state index in [4.69, 9.17) is 9.72 Å². The van der Waals surface area contributed by atoms with Crippen molar-refractivity contribution in [2.24, 2.45) is 0 Å². The van der Waals surface area contributed by atoms with Gasteiger partial charge in [-0.3, -0.25) is 14.5 Å². The minimum Gasteiger partial charge on any atom is -0.381 e. The molecule has 2 fully saturated rings. The molecule has 2 aromatic rings. The van der Waals surface area contributed by atoms with Gasteiger partial charge in [-0.05, 0) is 43.9 Å². The van der Waals surface area contributed by atoms with E-state index in [1.54, 1.807) is 11.9 Å². The summed E-state index contributed by atoms with van der Waals surface area (Å²) >= 11 is 0. The fraction of sp³-hybridized carbons (Fsp3) is 0.458. The number of carbonyl (C=O) groups excluding carboxylic acids is 2. The molecule has 0 spiro atoms. The number of benzene rings is 1. The molecule has 2 atom stereocenters. The molecule has 0 aliphatic carbocycles. The summed E-state index contributed by atoms with van der Waals surface area (Å²) in [4.78, 5) is 36.5. The average molecular weight is 421 g/mol. The minimum absolute atomic E-state index is 0.0174. The Labute approximate surface area is 182 Å². The molecule has 3 aliphatic rings. The Bertz CT molecular complexity index is 990. The first-order valence-corrected chi connectivity index (χ1v) is 11.1. The lowest BCUT2D eigenvalue weighted by molar-refractivity contribution is -0.120. The lowest BCUT2D eigenvalue weighted by atomic mass is 10.0. The molecule has 7 nitrogen and oxygen atoms in total. The van der Waals surface area contributed by atoms with Crippen LogP contribution in [-0.2, 0) is 14.3 Å². The molecule has 0 N–H and O–H groups in total. The third kappa shape index (κ3) is 3.37. The van der Waals surface area contributed by atoms with Crippen LogP contribution in [0.5, 0.6) is 0 Å². The van der Waals surface area contributed by atoms with Gasteiger partial charge in [-0.15, -0.1) is 0 Å². The predicted molar refractivity (Wildman–Crippen MR) is 119 cm³/mol. The number of rotatable bonds is 3. The molecule has 0 radical (unpaired) electrons. The molecule has 1 unspecified atom stereocenters. The SMILES string of the molecule is C[C@@H]1C(=O)N(C)c2ccc(N3C(=O)CCC3c3ccccc3)nc2N1C1CCOCC1. The average Bonchev–Trinajstić information content (AvgIpc) is 3.20. The third-order valence-corrected chi connectivity index (χ3v) is 6.78. The summed E-state index contributed by atoms with van der Waals surface area (Å²) in [5.74, 6) is 1.59. The van der Waals surface area contributed by atoms with Crippen molar-refractivity contribution in [3.05, 3.63) is 48.0 Å². The first-order chi connectivity index (χ1) is 15.1. The fourth-order valence-corrected chi connectivity index (χ4v) is 5.13. The highest BCUT2D eigenvalue weighted by Gasteiger charge is 2.40. The minimum atomic E-state index is -0.303. The molecule has 0 bridgehead atoms. The van der Waals surface area contributed by atoms with E-state index in [0.29, 0.717) is 25.5 Å². The van der Waals surface area contributed by atoms with E-state index < -0.39 is 0 Å². The van der Waals surface area contributed by atoms with Crippen molar-refractivity contribution in [3.63, 3.8) is 0 Å². The van der Waals surface area contributed by atoms with Gasteiger partial charge in [-0.2, -0.15) is 0 Å². The van der Waals surface area contributed by atoms with Gasteiger partial charge in [0.2, 0.25) is 11.8 Å². The monoisotopic (exact) mass is 420 g/mol. The molecule has 2 amide bonds. The van der Waals surface area contributed by atoms with Gasteiger partial charge in [-0.1, -0.05) is 30.3 Å². The van der Waals surface area contributed by atoms with Crippen molar-refractivity contribution in [1.29, 1.82) is 0 Å². The Hall–Kier alpha value is -2.93. The Morgan fingerprint density at radius 1 is 1.00 bits per heavy atom. The van der Waals surface area contributed by atoms with Crippen molar-refractivity contribution >= 4 is 29.1 Å². The van der Waals surface area contributed by atoms with Crippen LogP contribution in [-0.4, -0.2) is 49.1 Å². The van der Waals surface area contributed by atoms with Crippen LogP contribution < -0.4 is 14.7 Å². The lowest BCUT2D eigenvalue weighted by Crippen LogP contribution is -2.56. The van der Waals surface area contributed by atoms with Gasteiger partial charge in [0.05, 0.1) is 11.7 Å². The number of pyridine rings is 1. The Morgan fingerprint density at radius 3 is 2.48 bits per heavy atom. The summed E-state index contributed by atoms with van der Waals surface area (Å²) in [5, 5.41) is 0. The fourth-order valence-electron chi connectivity index (χ4n) is 5.13. The number of hydrogen-bond acceptors (Lipinski definition) is 5. The van der Waals surface area contributed by atoms with Gasteiger partial charge in [-0.25, -0.2) is 4.98 Å². The largest absolute Gasteiger partial charge is 0.381 e. The van der Waals surface area contributed by atoms with E-state index in [1.165, 1.54) is 0 Å². The van der Waals surface area contributed by atoms with Crippen molar-refractivity contribution in [2.75, 3.05) is 35.0 Å². The maximum absolute atomic E-state index is 12.9. The van der Waals surface area contributed by atoms with Crippen molar-refractivity contribution in [2.45, 2.75) is 50.7 Å². The van der Waals surface area contributed by atoms with Gasteiger partial charge in [0.1, 0.15) is 11.9 Å². The number of carbonyl (C=O) groups is 2. The second kappa shape index (κ2) is 7.96. The number of aromatic nitrogens is 1. The number of hydrogen-bond donors (Lipinski definition) is 0. The van der Waals surface area contributed by atoms with E-state index >= 15 is 0 Å². The van der Waals surface area contributed by atoms with Crippen LogP contribution in [0.2, 0.25) is 0 Å². The zero-order chi connectivity index (χ0) is 21.5. The maximum atomic E-state index is 12.9. The van der Waals surface area contributed by atoms with Crippen LogP contribution in [0.1, 0.15) is 44.2 Å². The highest BCUT2D eigenvalue weighted by molar-refractivity contribution is 6.05. The highest BCUT2D eigenvalue weighted by Crippen LogP contribution is 2.41. The van der Waals surface area contributed by atoms with Gasteiger partial charge in [0.25, 0.3) is 0 Å². The van der Waals surface area contributed by atoms with Crippen LogP contribution in [0.3, 0.4) is 0 Å². The molecule has 0 saturated carbocycles. The topological polar surface area (TPSA) is 66.0 Å². The zero-order valence-electron chi connectivity index (χ0n) is 18.0. The zero-order valence-corrected chi connectivity index (χ0v) is 18.0. The number of amides is 2. The first kappa shape index (κ1) is 20.0. The third-order valence-electron chi connectivity index (χ3n) is 6.78. The smallest absolute Gasteiger partial charge is 0.249 e. The van der Waals surface area contributed by atoms with Crippen LogP contribution >= 0.6 is 0 Å². The van der Waals surface area contributed by atoms with Crippen molar-refractivity contribution in [1.82, 2.24) is 4.98 Å². The summed E-state index contributed by atoms with van der Waals surface area (Å²) in [7, 11) is 1.80. The van der Waals surface area contributed by atoms with E-state index in [9.17, 15) is 9.59 Å². The molecule has 5 rings (SSSR count). The van der Waals surface area contributed by atoms with Gasteiger partial charge in [0.15, 0.2) is 5.82 Å². The summed E-state index contributed by atoms with van der Waals surface area (Å²) in [6.07, 6.45) is 3.01. The predicted octanol–water partition coefficient (Wildman–Crippen LogP) is 3.30. The molecule has 3 aliphatic heterocycles. The second-order valence-electron chi connectivity index (χ2n) is 8.57. The summed E-state index contributed by atoms with van der Waals surface area (Å²) in [5.41, 5.74) is 1.91. The molecule has 7 heteroatoms. The second-order valence-corrected chi connectivity index (χ2v) is 8.57. The van der Waals surface area contributed by atoms with Crippen molar-refractivity contribution < 1.29 is 14.3 Å². The Kier molecular flexibility index (Phi) is 5.14. The number of anilines is 3. The molecular formula is C24H28N4O3. The van der Waals surface area contributed by atoms with Gasteiger partial charge >= 0.3 is 0 Å². The van der Waals surface area contributed by atoms with E-state index in [0.717, 1.165) is 36.3 Å². The molecule has 1 aromatic heterocycles. The van der Waals surface area contributed by atoms with E-state index in [-0.39, 0.29) is 29.9 Å². The molecule has 1 aromatic carbocycles. The highest BCUT2D eigenvalue weighted by atomic mass is 16.5. The quantitative estimate of drug-likeness (QED) is 0.762. The normalized spacial score (nSPS) is 24.6. The number of likely N-dealkylation sites (N-methyl/N-ethyl adjacent to an activating group) is 1. The number of ether oxygens (including phenoxy) is 1. The van der Waals surface area contributed by atoms with Gasteiger partial charge in [0, 0.05) is 32.7 Å². The van der Waals surface area contributed by atoms with Crippen LogP contribution in [0.4, 0.5) is 17.3 Å². The van der Waals surface area contributed by atoms with Crippen LogP contribution in [0.25, 0.3) is 0 Å². The molecule has 31 heavy (non-hydrogen) atoms.